The second-order valence-corrected chi connectivity index (χ2v) is 10.8. The molecule has 0 bridgehead atoms. The first kappa shape index (κ1) is 25.2. The number of hydrogen-bond donors (Lipinski definition) is 1. The monoisotopic (exact) mass is 506 g/mol. The number of hydrogen-bond acceptors (Lipinski definition) is 6. The third-order valence-electron chi connectivity index (χ3n) is 5.02. The number of benzene rings is 3. The van der Waals surface area contributed by atoms with E-state index in [1.54, 1.807) is 13.8 Å². The molecule has 3 aromatic carbocycles. The van der Waals surface area contributed by atoms with Crippen molar-refractivity contribution in [2.75, 3.05) is 22.7 Å². The summed E-state index contributed by atoms with van der Waals surface area (Å²) in [5.74, 6) is -1.20. The van der Waals surface area contributed by atoms with Crippen molar-refractivity contribution in [3.63, 3.8) is 0 Å². The Kier molecular flexibility index (Phi) is 7.27. The summed E-state index contributed by atoms with van der Waals surface area (Å²) in [7, 11) is -6.77. The van der Waals surface area contributed by atoms with Crippen molar-refractivity contribution in [1.82, 2.24) is 0 Å². The Bertz CT molecular complexity index is 1400. The number of nitrogens with zero attached hydrogens (tertiary/aromatic N) is 1. The van der Waals surface area contributed by atoms with E-state index in [9.17, 15) is 26.0 Å². The molecule has 0 aliphatic heterocycles. The van der Waals surface area contributed by atoms with Crippen molar-refractivity contribution < 1.29 is 30.8 Å². The predicted octanol–water partition coefficient (Wildman–Crippen LogP) is 3.94. The molecule has 0 unspecified atom stereocenters. The summed E-state index contributed by atoms with van der Waals surface area (Å²) in [6, 6.07) is 14.3. The number of nitrogens with one attached hydrogen (secondary N) is 1. The topological polar surface area (TPSA) is 110 Å². The summed E-state index contributed by atoms with van der Waals surface area (Å²) >= 11 is 0. The van der Waals surface area contributed by atoms with Crippen LogP contribution in [0.2, 0.25) is 0 Å². The van der Waals surface area contributed by atoms with Gasteiger partial charge in [0, 0.05) is 12.2 Å². The predicted molar refractivity (Wildman–Crippen MR) is 126 cm³/mol. The van der Waals surface area contributed by atoms with E-state index in [4.69, 9.17) is 4.74 Å². The molecule has 3 rings (SSSR count). The lowest BCUT2D eigenvalue weighted by Gasteiger charge is -2.23. The Labute approximate surface area is 198 Å². The molecule has 0 radical (unpaired) electrons. The fourth-order valence-electron chi connectivity index (χ4n) is 3.23. The van der Waals surface area contributed by atoms with Crippen LogP contribution in [0.5, 0.6) is 0 Å². The summed E-state index contributed by atoms with van der Waals surface area (Å²) in [6.45, 7) is 3.41. The van der Waals surface area contributed by atoms with Gasteiger partial charge in [0.05, 0.1) is 28.2 Å². The quantitative estimate of drug-likeness (QED) is 0.464. The van der Waals surface area contributed by atoms with E-state index >= 15 is 0 Å². The number of carbonyl (C=O) groups excluding carboxylic acids is 1. The second-order valence-electron chi connectivity index (χ2n) is 7.24. The van der Waals surface area contributed by atoms with E-state index in [-0.39, 0.29) is 27.6 Å². The molecule has 34 heavy (non-hydrogen) atoms. The first-order chi connectivity index (χ1) is 16.0. The number of sulfonamides is 2. The van der Waals surface area contributed by atoms with Crippen molar-refractivity contribution in [2.24, 2.45) is 0 Å². The SMILES string of the molecule is CCN(c1ccc(NS(=O)(=O)c2ccc(F)cc2)cc1)S(=O)(=O)c1ccc(C)c(C(=O)OC)c1. The Hall–Kier alpha value is -3.44. The van der Waals surface area contributed by atoms with Crippen LogP contribution < -0.4 is 9.03 Å². The molecular weight excluding hydrogens is 483 g/mol. The largest absolute Gasteiger partial charge is 0.465 e. The number of methoxy groups -OCH3 is 1. The third kappa shape index (κ3) is 5.20. The molecule has 0 heterocycles. The number of halogens is 1. The van der Waals surface area contributed by atoms with Crippen molar-refractivity contribution in [2.45, 2.75) is 23.6 Å². The van der Waals surface area contributed by atoms with Crippen LogP contribution in [0.1, 0.15) is 22.8 Å². The molecule has 0 spiro atoms. The molecule has 0 atom stereocenters. The zero-order valence-electron chi connectivity index (χ0n) is 18.6. The van der Waals surface area contributed by atoms with Crippen LogP contribution in [0.25, 0.3) is 0 Å². The Morgan fingerprint density at radius 2 is 1.53 bits per heavy atom. The Morgan fingerprint density at radius 3 is 2.09 bits per heavy atom. The molecule has 0 saturated carbocycles. The van der Waals surface area contributed by atoms with Gasteiger partial charge < -0.3 is 4.74 Å². The number of anilines is 2. The number of carbonyl (C=O) groups is 1. The van der Waals surface area contributed by atoms with Gasteiger partial charge in [0.25, 0.3) is 20.0 Å². The minimum atomic E-state index is -4.03. The molecule has 11 heteroatoms. The molecule has 0 fully saturated rings. The highest BCUT2D eigenvalue weighted by Gasteiger charge is 2.25. The fraction of sp³-hybridized carbons (Fsp3) is 0.174. The molecule has 0 aromatic heterocycles. The van der Waals surface area contributed by atoms with Gasteiger partial charge in [0.1, 0.15) is 5.82 Å². The van der Waals surface area contributed by atoms with Gasteiger partial charge in [-0.15, -0.1) is 0 Å². The highest BCUT2D eigenvalue weighted by Crippen LogP contribution is 2.27. The highest BCUT2D eigenvalue weighted by molar-refractivity contribution is 7.93. The molecule has 3 aromatic rings. The van der Waals surface area contributed by atoms with Crippen LogP contribution in [0, 0.1) is 12.7 Å². The number of esters is 1. The summed E-state index contributed by atoms with van der Waals surface area (Å²) in [6.07, 6.45) is 0. The van der Waals surface area contributed by atoms with Gasteiger partial charge in [-0.25, -0.2) is 26.0 Å². The van der Waals surface area contributed by atoms with Gasteiger partial charge in [-0.1, -0.05) is 6.07 Å². The van der Waals surface area contributed by atoms with Crippen molar-refractivity contribution >= 4 is 37.4 Å². The number of ether oxygens (including phenoxy) is 1. The average molecular weight is 507 g/mol. The maximum absolute atomic E-state index is 13.3. The Balaban J connectivity index is 1.89. The van der Waals surface area contributed by atoms with Crippen molar-refractivity contribution in [3.8, 4) is 0 Å². The molecule has 0 amide bonds. The first-order valence-electron chi connectivity index (χ1n) is 10.1. The second kappa shape index (κ2) is 9.82. The number of rotatable bonds is 8. The van der Waals surface area contributed by atoms with Crippen LogP contribution in [0.15, 0.2) is 76.5 Å². The van der Waals surface area contributed by atoms with Crippen LogP contribution in [0.3, 0.4) is 0 Å². The van der Waals surface area contributed by atoms with E-state index in [0.717, 1.165) is 28.6 Å². The molecule has 0 aliphatic carbocycles. The van der Waals surface area contributed by atoms with E-state index in [0.29, 0.717) is 11.3 Å². The highest BCUT2D eigenvalue weighted by atomic mass is 32.2. The Morgan fingerprint density at radius 1 is 0.941 bits per heavy atom. The van der Waals surface area contributed by atoms with Crippen LogP contribution >= 0.6 is 0 Å². The standard InChI is InChI=1S/C23H23FN2O6S2/c1-4-26(34(30,31)21-12-5-16(2)22(15-21)23(27)32-3)19-10-8-18(9-11-19)25-33(28,29)20-13-6-17(24)7-14-20/h5-15,25H,4H2,1-3H3. The van der Waals surface area contributed by atoms with Crippen molar-refractivity contribution in [1.29, 1.82) is 0 Å². The van der Waals surface area contributed by atoms with Gasteiger partial charge in [0.15, 0.2) is 0 Å². The summed E-state index contributed by atoms with van der Waals surface area (Å²) in [4.78, 5) is 11.8. The lowest BCUT2D eigenvalue weighted by molar-refractivity contribution is 0.0599. The van der Waals surface area contributed by atoms with Crippen molar-refractivity contribution in [3.05, 3.63) is 83.7 Å². The summed E-state index contributed by atoms with van der Waals surface area (Å²) in [5, 5.41) is 0. The van der Waals surface area contributed by atoms with Crippen LogP contribution in [-0.4, -0.2) is 36.5 Å². The van der Waals surface area contributed by atoms with Crippen LogP contribution in [-0.2, 0) is 24.8 Å². The van der Waals surface area contributed by atoms with E-state index in [2.05, 4.69) is 4.72 Å². The molecule has 0 saturated heterocycles. The molecular formula is C23H23FN2O6S2. The van der Waals surface area contributed by atoms with Gasteiger partial charge in [0.2, 0.25) is 0 Å². The normalized spacial score (nSPS) is 11.6. The molecule has 8 nitrogen and oxygen atoms in total. The minimum Gasteiger partial charge on any atom is -0.465 e. The maximum atomic E-state index is 13.3. The summed E-state index contributed by atoms with van der Waals surface area (Å²) in [5.41, 5.74) is 1.22. The average Bonchev–Trinajstić information content (AvgIpc) is 2.80. The smallest absolute Gasteiger partial charge is 0.338 e. The molecule has 1 N–H and O–H groups in total. The maximum Gasteiger partial charge on any atom is 0.338 e. The number of aryl methyl sites for hydroxylation is 1. The van der Waals surface area contributed by atoms with Gasteiger partial charge in [-0.05, 0) is 80.1 Å². The molecule has 180 valence electrons. The van der Waals surface area contributed by atoms with E-state index in [1.165, 1.54) is 49.6 Å². The van der Waals surface area contributed by atoms with Gasteiger partial charge in [-0.3, -0.25) is 9.03 Å². The van der Waals surface area contributed by atoms with Gasteiger partial charge in [-0.2, -0.15) is 0 Å². The first-order valence-corrected chi connectivity index (χ1v) is 13.0. The van der Waals surface area contributed by atoms with E-state index in [1.807, 2.05) is 0 Å². The minimum absolute atomic E-state index is 0.0820. The summed E-state index contributed by atoms with van der Waals surface area (Å²) < 4.78 is 72.9. The lowest BCUT2D eigenvalue weighted by atomic mass is 10.1. The zero-order valence-corrected chi connectivity index (χ0v) is 20.3. The lowest BCUT2D eigenvalue weighted by Crippen LogP contribution is -2.31. The van der Waals surface area contributed by atoms with Crippen LogP contribution in [0.4, 0.5) is 15.8 Å². The fourth-order valence-corrected chi connectivity index (χ4v) is 5.79. The van der Waals surface area contributed by atoms with Gasteiger partial charge >= 0.3 is 5.97 Å². The van der Waals surface area contributed by atoms with E-state index < -0.39 is 31.8 Å². The molecule has 0 aliphatic rings. The third-order valence-corrected chi connectivity index (χ3v) is 8.32. The zero-order chi connectivity index (χ0) is 25.1.